The first-order valence-electron chi connectivity index (χ1n) is 8.73. The molecule has 0 aliphatic carbocycles. The van der Waals surface area contributed by atoms with Gasteiger partial charge >= 0.3 is 0 Å². The lowest BCUT2D eigenvalue weighted by molar-refractivity contribution is 0.163. The molecule has 3 aromatic carbocycles. The van der Waals surface area contributed by atoms with Crippen LogP contribution >= 0.6 is 0 Å². The summed E-state index contributed by atoms with van der Waals surface area (Å²) in [5.74, 6) is 0.903. The van der Waals surface area contributed by atoms with E-state index in [-0.39, 0.29) is 0 Å². The Balaban J connectivity index is 1.78. The van der Waals surface area contributed by atoms with Crippen LogP contribution in [-0.2, 0) is 5.60 Å². The fourth-order valence-electron chi connectivity index (χ4n) is 3.65. The summed E-state index contributed by atoms with van der Waals surface area (Å²) in [4.78, 5) is 4.24. The van der Waals surface area contributed by atoms with E-state index in [9.17, 15) is 0 Å². The van der Waals surface area contributed by atoms with Crippen LogP contribution in [0, 0.1) is 0 Å². The molecule has 0 amide bonds. The zero-order valence-electron chi connectivity index (χ0n) is 14.2. The van der Waals surface area contributed by atoms with Crippen molar-refractivity contribution >= 4 is 16.8 Å². The first-order chi connectivity index (χ1) is 12.9. The van der Waals surface area contributed by atoms with Crippen molar-refractivity contribution < 1.29 is 4.74 Å². The molecule has 4 aromatic rings. The van der Waals surface area contributed by atoms with Crippen molar-refractivity contribution in [3.8, 4) is 5.75 Å². The first-order valence-corrected chi connectivity index (χ1v) is 8.73. The summed E-state index contributed by atoms with van der Waals surface area (Å²) < 4.78 is 6.79. The van der Waals surface area contributed by atoms with Crippen LogP contribution in [0.4, 0.5) is 0 Å². The van der Waals surface area contributed by atoms with Gasteiger partial charge in [-0.25, -0.2) is 0 Å². The predicted molar refractivity (Wildman–Crippen MR) is 105 cm³/mol. The molecule has 1 aliphatic heterocycles. The minimum atomic E-state index is -0.646. The van der Waals surface area contributed by atoms with Crippen molar-refractivity contribution in [2.24, 2.45) is 0 Å². The second-order valence-corrected chi connectivity index (χ2v) is 6.48. The zero-order chi connectivity index (χ0) is 17.4. The molecule has 2 nitrogen and oxygen atoms in total. The summed E-state index contributed by atoms with van der Waals surface area (Å²) in [5.41, 5.74) is 2.66. The lowest BCUT2D eigenvalue weighted by Gasteiger charge is -2.36. The Kier molecular flexibility index (Phi) is 3.36. The molecule has 124 valence electrons. The summed E-state index contributed by atoms with van der Waals surface area (Å²) in [6, 6.07) is 27.0. The topological polar surface area (TPSA) is 22.1 Å². The molecule has 0 spiro atoms. The van der Waals surface area contributed by atoms with Gasteiger partial charge in [0, 0.05) is 39.9 Å². The summed E-state index contributed by atoms with van der Waals surface area (Å²) in [6.45, 7) is 0. The Morgan fingerprint density at radius 1 is 0.731 bits per heavy atom. The normalized spacial score (nSPS) is 14.6. The van der Waals surface area contributed by atoms with Crippen molar-refractivity contribution in [3.63, 3.8) is 0 Å². The van der Waals surface area contributed by atoms with E-state index in [2.05, 4.69) is 77.8 Å². The summed E-state index contributed by atoms with van der Waals surface area (Å²) in [5, 5.41) is 2.16. The van der Waals surface area contributed by atoms with Gasteiger partial charge in [0.1, 0.15) is 5.75 Å². The number of rotatable bonds is 2. The van der Waals surface area contributed by atoms with Crippen molar-refractivity contribution in [2.75, 3.05) is 0 Å². The highest BCUT2D eigenvalue weighted by molar-refractivity contribution is 5.92. The molecular formula is C24H17NO. The van der Waals surface area contributed by atoms with E-state index >= 15 is 0 Å². The second-order valence-electron chi connectivity index (χ2n) is 6.48. The van der Waals surface area contributed by atoms with Gasteiger partial charge in [-0.1, -0.05) is 78.9 Å². The highest BCUT2D eigenvalue weighted by Crippen LogP contribution is 2.44. The van der Waals surface area contributed by atoms with Crippen molar-refractivity contribution in [3.05, 3.63) is 114 Å². The highest BCUT2D eigenvalue weighted by atomic mass is 16.5. The first kappa shape index (κ1) is 14.9. The molecule has 0 fully saturated rings. The van der Waals surface area contributed by atoms with Crippen LogP contribution in [0.25, 0.3) is 16.8 Å². The molecule has 1 aromatic heterocycles. The van der Waals surface area contributed by atoms with Crippen molar-refractivity contribution in [1.82, 2.24) is 4.98 Å². The maximum absolute atomic E-state index is 6.79. The third-order valence-electron chi connectivity index (χ3n) is 4.97. The minimum absolute atomic E-state index is 0.646. The number of hydrogen-bond donors (Lipinski definition) is 0. The van der Waals surface area contributed by atoms with Gasteiger partial charge in [-0.3, -0.25) is 4.98 Å². The molecule has 0 radical (unpaired) electrons. The lowest BCUT2D eigenvalue weighted by atomic mass is 9.83. The molecule has 2 heteroatoms. The number of aromatic nitrogens is 1. The van der Waals surface area contributed by atoms with Crippen LogP contribution in [-0.4, -0.2) is 4.98 Å². The monoisotopic (exact) mass is 335 g/mol. The van der Waals surface area contributed by atoms with Gasteiger partial charge in [0.25, 0.3) is 0 Å². The Morgan fingerprint density at radius 3 is 2.12 bits per heavy atom. The highest BCUT2D eigenvalue weighted by Gasteiger charge is 2.37. The van der Waals surface area contributed by atoms with E-state index in [0.717, 1.165) is 33.2 Å². The molecule has 1 aliphatic rings. The Hall–Kier alpha value is -3.39. The second kappa shape index (κ2) is 5.85. The van der Waals surface area contributed by atoms with Gasteiger partial charge in [-0.2, -0.15) is 0 Å². The van der Waals surface area contributed by atoms with Crippen LogP contribution in [0.2, 0.25) is 0 Å². The number of ether oxygens (including phenoxy) is 1. The largest absolute Gasteiger partial charge is 0.472 e. The number of fused-ring (bicyclic) bond motifs is 3. The van der Waals surface area contributed by atoms with Gasteiger partial charge in [-0.15, -0.1) is 0 Å². The molecule has 0 atom stereocenters. The minimum Gasteiger partial charge on any atom is -0.472 e. The van der Waals surface area contributed by atoms with Crippen LogP contribution < -0.4 is 4.74 Å². The molecule has 0 N–H and O–H groups in total. The fraction of sp³-hybridized carbons (Fsp3) is 0.0417. The van der Waals surface area contributed by atoms with Gasteiger partial charge in [-0.05, 0) is 12.1 Å². The van der Waals surface area contributed by atoms with Crippen LogP contribution in [0.5, 0.6) is 5.75 Å². The van der Waals surface area contributed by atoms with E-state index in [1.54, 1.807) is 0 Å². The smallest absolute Gasteiger partial charge is 0.178 e. The third kappa shape index (κ3) is 2.23. The molecule has 0 bridgehead atoms. The van der Waals surface area contributed by atoms with Crippen molar-refractivity contribution in [1.29, 1.82) is 0 Å². The average Bonchev–Trinajstić information content (AvgIpc) is 2.74. The average molecular weight is 335 g/mol. The zero-order valence-corrected chi connectivity index (χ0v) is 14.2. The molecule has 2 heterocycles. The van der Waals surface area contributed by atoms with Crippen LogP contribution in [0.3, 0.4) is 0 Å². The molecular weight excluding hydrogens is 318 g/mol. The number of nitrogens with zero attached hydrogens (tertiary/aromatic N) is 1. The van der Waals surface area contributed by atoms with E-state index in [1.807, 2.05) is 30.6 Å². The Bertz CT molecular complexity index is 1060. The SMILES string of the molecule is C1=CC(c2ccccc2)(c2ccccc2)Oc2c1ccc1cnccc21. The lowest BCUT2D eigenvalue weighted by Crippen LogP contribution is -2.34. The van der Waals surface area contributed by atoms with Gasteiger partial charge < -0.3 is 4.74 Å². The van der Waals surface area contributed by atoms with E-state index in [1.165, 1.54) is 0 Å². The quantitative estimate of drug-likeness (QED) is 0.477. The molecule has 0 saturated heterocycles. The fourth-order valence-corrected chi connectivity index (χ4v) is 3.65. The van der Waals surface area contributed by atoms with E-state index < -0.39 is 5.60 Å². The van der Waals surface area contributed by atoms with Crippen LogP contribution in [0.1, 0.15) is 16.7 Å². The number of hydrogen-bond acceptors (Lipinski definition) is 2. The molecule has 5 rings (SSSR count). The maximum Gasteiger partial charge on any atom is 0.178 e. The molecule has 0 unspecified atom stereocenters. The van der Waals surface area contributed by atoms with Crippen molar-refractivity contribution in [2.45, 2.75) is 5.60 Å². The van der Waals surface area contributed by atoms with Crippen LogP contribution in [0.15, 0.2) is 97.3 Å². The van der Waals surface area contributed by atoms with Gasteiger partial charge in [0.2, 0.25) is 0 Å². The van der Waals surface area contributed by atoms with E-state index in [4.69, 9.17) is 4.74 Å². The Labute approximate surface area is 152 Å². The third-order valence-corrected chi connectivity index (χ3v) is 4.97. The maximum atomic E-state index is 6.79. The number of pyridine rings is 1. The summed E-state index contributed by atoms with van der Waals surface area (Å²) in [7, 11) is 0. The predicted octanol–water partition coefficient (Wildman–Crippen LogP) is 5.58. The van der Waals surface area contributed by atoms with Gasteiger partial charge in [0.15, 0.2) is 5.60 Å². The molecule has 26 heavy (non-hydrogen) atoms. The summed E-state index contributed by atoms with van der Waals surface area (Å²) >= 11 is 0. The molecule has 0 saturated carbocycles. The number of benzene rings is 3. The summed E-state index contributed by atoms with van der Waals surface area (Å²) in [6.07, 6.45) is 8.02. The Morgan fingerprint density at radius 2 is 1.42 bits per heavy atom. The van der Waals surface area contributed by atoms with Gasteiger partial charge in [0.05, 0.1) is 0 Å². The standard InChI is InChI=1S/C24H17NO/c1-3-7-20(8-4-1)24(21-9-5-2-6-10-21)15-13-18-11-12-19-17-25-16-14-22(19)23(18)26-24/h1-17H. The van der Waals surface area contributed by atoms with E-state index in [0.29, 0.717) is 0 Å².